The van der Waals surface area contributed by atoms with E-state index < -0.39 is 10.0 Å². The Morgan fingerprint density at radius 3 is 2.27 bits per heavy atom. The smallest absolute Gasteiger partial charge is 0.251 e. The normalized spacial score (nSPS) is 16.6. The van der Waals surface area contributed by atoms with Crippen LogP contribution in [-0.2, 0) is 21.3 Å². The summed E-state index contributed by atoms with van der Waals surface area (Å²) in [5.74, 6) is -0.154. The van der Waals surface area contributed by atoms with Crippen LogP contribution in [0, 0.1) is 27.7 Å². The van der Waals surface area contributed by atoms with E-state index in [0.717, 1.165) is 47.3 Å². The standard InChI is InChI=1S/C23H30N2O4S/c1-15-12-16(2)18(4)22(17(15)3)30(27,28)25-13-19-7-9-20(10-8-19)23(26)24-14-21-6-5-11-29-21/h7-10,12,21,25H,5-6,11,13-14H2,1-4H3,(H,24,26)/t21-/m0/s1. The Hall–Kier alpha value is -2.22. The molecule has 0 radical (unpaired) electrons. The Bertz CT molecular complexity index is 998. The molecule has 2 aromatic rings. The van der Waals surface area contributed by atoms with Gasteiger partial charge in [0.2, 0.25) is 10.0 Å². The first-order valence-electron chi connectivity index (χ1n) is 10.2. The predicted molar refractivity (Wildman–Crippen MR) is 117 cm³/mol. The molecule has 1 heterocycles. The third-order valence-corrected chi connectivity index (χ3v) is 7.44. The predicted octanol–water partition coefficient (Wildman–Crippen LogP) is 3.31. The van der Waals surface area contributed by atoms with Crippen LogP contribution in [0.1, 0.15) is 51.0 Å². The van der Waals surface area contributed by atoms with Crippen molar-refractivity contribution in [3.63, 3.8) is 0 Å². The molecule has 0 saturated carbocycles. The fourth-order valence-electron chi connectivity index (χ4n) is 3.72. The number of rotatable bonds is 7. The molecular weight excluding hydrogens is 400 g/mol. The summed E-state index contributed by atoms with van der Waals surface area (Å²) in [7, 11) is -3.65. The van der Waals surface area contributed by atoms with Gasteiger partial charge in [-0.05, 0) is 80.5 Å². The number of nitrogens with one attached hydrogen (secondary N) is 2. The highest BCUT2D eigenvalue weighted by atomic mass is 32.2. The van der Waals surface area contributed by atoms with E-state index in [2.05, 4.69) is 10.0 Å². The topological polar surface area (TPSA) is 84.5 Å². The zero-order valence-electron chi connectivity index (χ0n) is 18.0. The highest BCUT2D eigenvalue weighted by Gasteiger charge is 2.22. The van der Waals surface area contributed by atoms with Crippen LogP contribution in [0.4, 0.5) is 0 Å². The van der Waals surface area contributed by atoms with Gasteiger partial charge in [-0.25, -0.2) is 13.1 Å². The third kappa shape index (κ3) is 5.09. The van der Waals surface area contributed by atoms with Gasteiger partial charge in [-0.2, -0.15) is 0 Å². The summed E-state index contributed by atoms with van der Waals surface area (Å²) >= 11 is 0. The Labute approximate surface area is 179 Å². The second-order valence-corrected chi connectivity index (χ2v) is 9.66. The van der Waals surface area contributed by atoms with E-state index in [0.29, 0.717) is 17.0 Å². The van der Waals surface area contributed by atoms with Crippen LogP contribution in [0.5, 0.6) is 0 Å². The van der Waals surface area contributed by atoms with E-state index in [1.807, 2.05) is 33.8 Å². The second kappa shape index (κ2) is 9.29. The number of hydrogen-bond acceptors (Lipinski definition) is 4. The van der Waals surface area contributed by atoms with Crippen LogP contribution in [-0.4, -0.2) is 33.6 Å². The number of carbonyl (C=O) groups is 1. The van der Waals surface area contributed by atoms with Gasteiger partial charge >= 0.3 is 0 Å². The molecule has 162 valence electrons. The highest BCUT2D eigenvalue weighted by molar-refractivity contribution is 7.89. The number of aryl methyl sites for hydroxylation is 2. The van der Waals surface area contributed by atoms with Gasteiger partial charge in [0.15, 0.2) is 0 Å². The van der Waals surface area contributed by atoms with E-state index in [4.69, 9.17) is 4.74 Å². The summed E-state index contributed by atoms with van der Waals surface area (Å²) in [6.07, 6.45) is 2.10. The largest absolute Gasteiger partial charge is 0.376 e. The Morgan fingerprint density at radius 2 is 1.70 bits per heavy atom. The third-order valence-electron chi connectivity index (χ3n) is 5.76. The zero-order valence-corrected chi connectivity index (χ0v) is 18.9. The van der Waals surface area contributed by atoms with Crippen molar-refractivity contribution in [2.75, 3.05) is 13.2 Å². The van der Waals surface area contributed by atoms with Crippen molar-refractivity contribution >= 4 is 15.9 Å². The maximum absolute atomic E-state index is 13.0. The van der Waals surface area contributed by atoms with Crippen LogP contribution in [0.3, 0.4) is 0 Å². The van der Waals surface area contributed by atoms with Crippen molar-refractivity contribution in [3.8, 4) is 0 Å². The molecule has 30 heavy (non-hydrogen) atoms. The number of ether oxygens (including phenoxy) is 1. The van der Waals surface area contributed by atoms with Gasteiger partial charge in [0.05, 0.1) is 11.0 Å². The monoisotopic (exact) mass is 430 g/mol. The molecule has 2 aromatic carbocycles. The van der Waals surface area contributed by atoms with Crippen LogP contribution >= 0.6 is 0 Å². The van der Waals surface area contributed by atoms with Gasteiger partial charge in [-0.15, -0.1) is 0 Å². The quantitative estimate of drug-likeness (QED) is 0.706. The zero-order chi connectivity index (χ0) is 21.9. The lowest BCUT2D eigenvalue weighted by Gasteiger charge is -2.16. The Balaban J connectivity index is 1.64. The molecule has 7 heteroatoms. The molecule has 0 bridgehead atoms. The van der Waals surface area contributed by atoms with E-state index >= 15 is 0 Å². The molecule has 0 aromatic heterocycles. The molecule has 1 fully saturated rings. The summed E-state index contributed by atoms with van der Waals surface area (Å²) in [5, 5.41) is 2.89. The molecule has 2 N–H and O–H groups in total. The molecule has 0 unspecified atom stereocenters. The Morgan fingerprint density at radius 1 is 1.07 bits per heavy atom. The number of benzene rings is 2. The number of hydrogen-bond donors (Lipinski definition) is 2. The molecule has 0 aliphatic carbocycles. The molecule has 1 aliphatic heterocycles. The van der Waals surface area contributed by atoms with Crippen molar-refractivity contribution in [1.29, 1.82) is 0 Å². The van der Waals surface area contributed by atoms with Crippen LogP contribution in [0.25, 0.3) is 0 Å². The first-order valence-corrected chi connectivity index (χ1v) is 11.7. The lowest BCUT2D eigenvalue weighted by molar-refractivity contribution is 0.0858. The molecule has 0 spiro atoms. The van der Waals surface area contributed by atoms with Crippen LogP contribution < -0.4 is 10.0 Å². The van der Waals surface area contributed by atoms with Gasteiger partial charge in [0.25, 0.3) is 5.91 Å². The number of carbonyl (C=O) groups excluding carboxylic acids is 1. The summed E-state index contributed by atoms with van der Waals surface area (Å²) in [5.41, 5.74) is 4.77. The molecule has 1 aliphatic rings. The van der Waals surface area contributed by atoms with Crippen molar-refractivity contribution in [3.05, 3.63) is 63.7 Å². The first-order chi connectivity index (χ1) is 14.2. The van der Waals surface area contributed by atoms with Crippen molar-refractivity contribution in [2.45, 2.75) is 58.1 Å². The molecule has 6 nitrogen and oxygen atoms in total. The maximum atomic E-state index is 13.0. The summed E-state index contributed by atoms with van der Waals surface area (Å²) < 4.78 is 34.1. The lowest BCUT2D eigenvalue weighted by atomic mass is 10.0. The van der Waals surface area contributed by atoms with Gasteiger partial charge in [-0.1, -0.05) is 18.2 Å². The van der Waals surface area contributed by atoms with Crippen LogP contribution in [0.15, 0.2) is 35.2 Å². The minimum Gasteiger partial charge on any atom is -0.376 e. The van der Waals surface area contributed by atoms with E-state index in [1.165, 1.54) is 0 Å². The summed E-state index contributed by atoms with van der Waals surface area (Å²) in [6, 6.07) is 8.96. The maximum Gasteiger partial charge on any atom is 0.251 e. The average Bonchev–Trinajstić information content (AvgIpc) is 3.23. The summed E-state index contributed by atoms with van der Waals surface area (Å²) in [4.78, 5) is 12.6. The van der Waals surface area contributed by atoms with E-state index in [1.54, 1.807) is 24.3 Å². The first kappa shape index (κ1) is 22.5. The fourth-order valence-corrected chi connectivity index (χ4v) is 5.35. The second-order valence-electron chi connectivity index (χ2n) is 7.96. The number of amides is 1. The molecule has 1 amide bonds. The van der Waals surface area contributed by atoms with Crippen molar-refractivity contribution in [2.24, 2.45) is 0 Å². The van der Waals surface area contributed by atoms with E-state index in [-0.39, 0.29) is 18.6 Å². The van der Waals surface area contributed by atoms with Gasteiger partial charge in [-0.3, -0.25) is 4.79 Å². The SMILES string of the molecule is Cc1cc(C)c(C)c(S(=O)(=O)NCc2ccc(C(=O)NC[C@@H]3CCCO3)cc2)c1C. The van der Waals surface area contributed by atoms with Crippen molar-refractivity contribution in [1.82, 2.24) is 10.0 Å². The highest BCUT2D eigenvalue weighted by Crippen LogP contribution is 2.26. The molecule has 3 rings (SSSR count). The molecular formula is C23H30N2O4S. The molecule has 1 saturated heterocycles. The number of sulfonamides is 1. The lowest BCUT2D eigenvalue weighted by Crippen LogP contribution is -2.31. The van der Waals surface area contributed by atoms with E-state index in [9.17, 15) is 13.2 Å². The van der Waals surface area contributed by atoms with Gasteiger partial charge in [0, 0.05) is 25.3 Å². The minimum atomic E-state index is -3.65. The fraction of sp³-hybridized carbons (Fsp3) is 0.435. The minimum absolute atomic E-state index is 0.0970. The van der Waals surface area contributed by atoms with Gasteiger partial charge in [0.1, 0.15) is 0 Å². The molecule has 1 atom stereocenters. The van der Waals surface area contributed by atoms with Gasteiger partial charge < -0.3 is 10.1 Å². The summed E-state index contributed by atoms with van der Waals surface area (Å²) in [6.45, 7) is 8.93. The Kier molecular flexibility index (Phi) is 6.95. The van der Waals surface area contributed by atoms with Crippen LogP contribution in [0.2, 0.25) is 0 Å². The average molecular weight is 431 g/mol. The van der Waals surface area contributed by atoms with Crippen molar-refractivity contribution < 1.29 is 17.9 Å².